The molecule has 112 valence electrons. The first-order valence-electron chi connectivity index (χ1n) is 7.46. The molecule has 0 saturated heterocycles. The molecule has 3 aromatic rings. The molecule has 0 spiro atoms. The van der Waals surface area contributed by atoms with Crippen molar-refractivity contribution in [1.29, 1.82) is 0 Å². The predicted octanol–water partition coefficient (Wildman–Crippen LogP) is 3.03. The van der Waals surface area contributed by atoms with Gasteiger partial charge in [-0.2, -0.15) is 0 Å². The van der Waals surface area contributed by atoms with Crippen LogP contribution in [0.1, 0.15) is 18.2 Å². The summed E-state index contributed by atoms with van der Waals surface area (Å²) in [5, 5.41) is 0. The number of aromatic nitrogens is 2. The standard InChI is InChI=1S/C18H19N3O/c1-3-20(16-7-5-4-6-8-16)13-15-11-18(22)21-12-14(2)9-10-17(21)19-15/h4-12H,3,13H2,1-2H3. The van der Waals surface area contributed by atoms with Gasteiger partial charge in [-0.3, -0.25) is 9.20 Å². The third-order valence-corrected chi connectivity index (χ3v) is 3.72. The molecule has 0 atom stereocenters. The van der Waals surface area contributed by atoms with Crippen molar-refractivity contribution < 1.29 is 0 Å². The van der Waals surface area contributed by atoms with Gasteiger partial charge in [-0.1, -0.05) is 24.3 Å². The Kier molecular flexibility index (Phi) is 3.92. The van der Waals surface area contributed by atoms with Crippen LogP contribution >= 0.6 is 0 Å². The van der Waals surface area contributed by atoms with Crippen molar-refractivity contribution in [3.63, 3.8) is 0 Å². The van der Waals surface area contributed by atoms with E-state index in [2.05, 4.69) is 28.9 Å². The van der Waals surface area contributed by atoms with E-state index in [1.807, 2.05) is 43.5 Å². The van der Waals surface area contributed by atoms with E-state index >= 15 is 0 Å². The number of hydrogen-bond acceptors (Lipinski definition) is 3. The summed E-state index contributed by atoms with van der Waals surface area (Å²) in [6, 6.07) is 15.7. The molecule has 0 aliphatic rings. The molecular weight excluding hydrogens is 274 g/mol. The van der Waals surface area contributed by atoms with Crippen LogP contribution in [0.3, 0.4) is 0 Å². The lowest BCUT2D eigenvalue weighted by atomic mass is 10.2. The van der Waals surface area contributed by atoms with Crippen LogP contribution < -0.4 is 10.5 Å². The smallest absolute Gasteiger partial charge is 0.258 e. The highest BCUT2D eigenvalue weighted by molar-refractivity contribution is 5.47. The Morgan fingerprint density at radius 1 is 1.14 bits per heavy atom. The fourth-order valence-electron chi connectivity index (χ4n) is 2.56. The molecule has 2 aromatic heterocycles. The predicted molar refractivity (Wildman–Crippen MR) is 89.4 cm³/mol. The zero-order valence-corrected chi connectivity index (χ0v) is 12.9. The van der Waals surface area contributed by atoms with E-state index in [0.717, 1.165) is 23.5 Å². The lowest BCUT2D eigenvalue weighted by molar-refractivity contribution is 0.803. The van der Waals surface area contributed by atoms with Gasteiger partial charge in [-0.25, -0.2) is 4.98 Å². The molecule has 4 nitrogen and oxygen atoms in total. The molecular formula is C18H19N3O. The number of hydrogen-bond donors (Lipinski definition) is 0. The number of para-hydroxylation sites is 1. The van der Waals surface area contributed by atoms with Crippen LogP contribution in [0.25, 0.3) is 5.65 Å². The van der Waals surface area contributed by atoms with Crippen LogP contribution in [0, 0.1) is 6.92 Å². The lowest BCUT2D eigenvalue weighted by Crippen LogP contribution is -2.25. The maximum absolute atomic E-state index is 12.3. The summed E-state index contributed by atoms with van der Waals surface area (Å²) >= 11 is 0. The van der Waals surface area contributed by atoms with Crippen molar-refractivity contribution in [2.24, 2.45) is 0 Å². The first kappa shape index (κ1) is 14.3. The number of pyridine rings is 1. The number of rotatable bonds is 4. The summed E-state index contributed by atoms with van der Waals surface area (Å²) in [7, 11) is 0. The molecule has 22 heavy (non-hydrogen) atoms. The summed E-state index contributed by atoms with van der Waals surface area (Å²) in [6.07, 6.45) is 1.82. The van der Waals surface area contributed by atoms with Gasteiger partial charge in [0.05, 0.1) is 12.2 Å². The first-order valence-corrected chi connectivity index (χ1v) is 7.46. The number of nitrogens with zero attached hydrogens (tertiary/aromatic N) is 3. The second-order valence-electron chi connectivity index (χ2n) is 5.37. The number of anilines is 1. The minimum absolute atomic E-state index is 0.0344. The molecule has 0 bridgehead atoms. The molecule has 0 saturated carbocycles. The highest BCUT2D eigenvalue weighted by Crippen LogP contribution is 2.15. The molecule has 2 heterocycles. The average Bonchev–Trinajstić information content (AvgIpc) is 2.54. The average molecular weight is 293 g/mol. The van der Waals surface area contributed by atoms with Gasteiger partial charge in [0.1, 0.15) is 5.65 Å². The Bertz CT molecular complexity index is 840. The SMILES string of the molecule is CCN(Cc1cc(=O)n2cc(C)ccc2n1)c1ccccc1. The van der Waals surface area contributed by atoms with E-state index in [1.54, 1.807) is 10.5 Å². The van der Waals surface area contributed by atoms with Gasteiger partial charge in [0.2, 0.25) is 0 Å². The Balaban J connectivity index is 1.97. The summed E-state index contributed by atoms with van der Waals surface area (Å²) in [6.45, 7) is 5.55. The third-order valence-electron chi connectivity index (χ3n) is 3.72. The second kappa shape index (κ2) is 6.02. The van der Waals surface area contributed by atoms with Crippen LogP contribution in [0.15, 0.2) is 59.5 Å². The van der Waals surface area contributed by atoms with Gasteiger partial charge >= 0.3 is 0 Å². The molecule has 0 aliphatic heterocycles. The van der Waals surface area contributed by atoms with Crippen molar-refractivity contribution >= 4 is 11.3 Å². The maximum Gasteiger partial charge on any atom is 0.258 e. The molecule has 3 rings (SSSR count). The van der Waals surface area contributed by atoms with Gasteiger partial charge < -0.3 is 4.90 Å². The first-order chi connectivity index (χ1) is 10.7. The second-order valence-corrected chi connectivity index (χ2v) is 5.37. The van der Waals surface area contributed by atoms with Crippen LogP contribution in [0.2, 0.25) is 0 Å². The maximum atomic E-state index is 12.3. The number of fused-ring (bicyclic) bond motifs is 1. The van der Waals surface area contributed by atoms with Gasteiger partial charge in [0.25, 0.3) is 5.56 Å². The van der Waals surface area contributed by atoms with Crippen molar-refractivity contribution in [1.82, 2.24) is 9.38 Å². The number of benzene rings is 1. The third kappa shape index (κ3) is 2.86. The summed E-state index contributed by atoms with van der Waals surface area (Å²) in [4.78, 5) is 19.1. The van der Waals surface area contributed by atoms with Crippen molar-refractivity contribution in [3.05, 3.63) is 76.3 Å². The van der Waals surface area contributed by atoms with Gasteiger partial charge in [-0.05, 0) is 37.6 Å². The molecule has 0 unspecified atom stereocenters. The number of aryl methyl sites for hydroxylation is 1. The molecule has 0 fully saturated rings. The summed E-state index contributed by atoms with van der Waals surface area (Å²) in [5.74, 6) is 0. The topological polar surface area (TPSA) is 37.6 Å². The Morgan fingerprint density at radius 3 is 2.64 bits per heavy atom. The normalized spacial score (nSPS) is 10.8. The Morgan fingerprint density at radius 2 is 1.91 bits per heavy atom. The van der Waals surface area contributed by atoms with E-state index in [9.17, 15) is 4.79 Å². The van der Waals surface area contributed by atoms with Crippen molar-refractivity contribution in [2.45, 2.75) is 20.4 Å². The highest BCUT2D eigenvalue weighted by Gasteiger charge is 2.08. The monoisotopic (exact) mass is 293 g/mol. The summed E-state index contributed by atoms with van der Waals surface area (Å²) < 4.78 is 1.59. The van der Waals surface area contributed by atoms with Crippen LogP contribution in [-0.4, -0.2) is 15.9 Å². The van der Waals surface area contributed by atoms with E-state index in [0.29, 0.717) is 12.2 Å². The fraction of sp³-hybridized carbons (Fsp3) is 0.222. The molecule has 0 N–H and O–H groups in total. The summed E-state index contributed by atoms with van der Waals surface area (Å²) in [5.41, 5.74) is 3.63. The van der Waals surface area contributed by atoms with E-state index in [-0.39, 0.29) is 5.56 Å². The largest absolute Gasteiger partial charge is 0.366 e. The van der Waals surface area contributed by atoms with E-state index in [1.165, 1.54) is 0 Å². The molecule has 1 aromatic carbocycles. The van der Waals surface area contributed by atoms with Gasteiger partial charge in [0.15, 0.2) is 0 Å². The van der Waals surface area contributed by atoms with Gasteiger partial charge in [0, 0.05) is 24.5 Å². The lowest BCUT2D eigenvalue weighted by Gasteiger charge is -2.22. The molecule has 0 radical (unpaired) electrons. The van der Waals surface area contributed by atoms with E-state index in [4.69, 9.17) is 0 Å². The van der Waals surface area contributed by atoms with Crippen LogP contribution in [-0.2, 0) is 6.54 Å². The van der Waals surface area contributed by atoms with Crippen molar-refractivity contribution in [3.8, 4) is 0 Å². The Labute approximate surface area is 129 Å². The minimum Gasteiger partial charge on any atom is -0.366 e. The van der Waals surface area contributed by atoms with Crippen molar-refractivity contribution in [2.75, 3.05) is 11.4 Å². The molecule has 4 heteroatoms. The highest BCUT2D eigenvalue weighted by atomic mass is 16.1. The van der Waals surface area contributed by atoms with Gasteiger partial charge in [-0.15, -0.1) is 0 Å². The Hall–Kier alpha value is -2.62. The fourth-order valence-corrected chi connectivity index (χ4v) is 2.56. The zero-order valence-electron chi connectivity index (χ0n) is 12.9. The zero-order chi connectivity index (χ0) is 15.5. The van der Waals surface area contributed by atoms with Crippen LogP contribution in [0.4, 0.5) is 5.69 Å². The van der Waals surface area contributed by atoms with Crippen LogP contribution in [0.5, 0.6) is 0 Å². The molecule has 0 amide bonds. The van der Waals surface area contributed by atoms with E-state index < -0.39 is 0 Å². The quantitative estimate of drug-likeness (QED) is 0.742. The minimum atomic E-state index is -0.0344. The molecule has 0 aliphatic carbocycles.